The number of aromatic hydroxyl groups is 1. The van der Waals surface area contributed by atoms with E-state index in [9.17, 15) is 24.9 Å². The lowest BCUT2D eigenvalue weighted by atomic mass is 9.91. The first-order chi connectivity index (χ1) is 19.5. The van der Waals surface area contributed by atoms with Crippen molar-refractivity contribution >= 4 is 11.8 Å². The molecule has 0 aliphatic heterocycles. The SMILES string of the molecule is Cc1cc(O)cc(C)c1C[C@H](N)[C@H](O)C/C=C/[C@H](O)[C@@H](Cc1ccccc1)C(=O)N[C@@H](Cc1ccccc1)C(N)=O. The second-order valence-electron chi connectivity index (χ2n) is 10.6. The second kappa shape index (κ2) is 15.1. The molecule has 0 aromatic heterocycles. The standard InChI is InChI=1S/C33H41N3O5/c1-21-16-25(37)17-22(2)26(21)20-28(34)31(39)15-9-14-30(38)27(18-23-10-5-3-6-11-23)33(41)36-29(32(35)40)19-24-12-7-4-8-13-24/h3-14,16-17,27-31,37-39H,15,18-20,34H2,1-2H3,(H2,35,40)(H,36,41)/b14-9+/t27-,28+,29+,30+,31-/m1/s1. The molecular weight excluding hydrogens is 518 g/mol. The van der Waals surface area contributed by atoms with Gasteiger partial charge in [0.1, 0.15) is 11.8 Å². The van der Waals surface area contributed by atoms with Gasteiger partial charge >= 0.3 is 0 Å². The Hall–Kier alpha value is -3.98. The molecule has 218 valence electrons. The number of primary amides is 1. The number of hydrogen-bond donors (Lipinski definition) is 6. The van der Waals surface area contributed by atoms with E-state index in [0.29, 0.717) is 6.42 Å². The van der Waals surface area contributed by atoms with E-state index in [-0.39, 0.29) is 25.0 Å². The third kappa shape index (κ3) is 9.56. The van der Waals surface area contributed by atoms with Crippen LogP contribution >= 0.6 is 0 Å². The lowest BCUT2D eigenvalue weighted by Crippen LogP contribution is -2.50. The molecule has 3 rings (SSSR count). The fraction of sp³-hybridized carbons (Fsp3) is 0.333. The molecule has 41 heavy (non-hydrogen) atoms. The minimum absolute atomic E-state index is 0.173. The van der Waals surface area contributed by atoms with Crippen LogP contribution in [0, 0.1) is 19.8 Å². The Labute approximate surface area is 241 Å². The van der Waals surface area contributed by atoms with E-state index in [1.807, 2.05) is 74.5 Å². The highest BCUT2D eigenvalue weighted by Crippen LogP contribution is 2.23. The Morgan fingerprint density at radius 3 is 1.95 bits per heavy atom. The Morgan fingerprint density at radius 2 is 1.41 bits per heavy atom. The third-order valence-corrected chi connectivity index (χ3v) is 7.32. The zero-order chi connectivity index (χ0) is 29.9. The largest absolute Gasteiger partial charge is 0.508 e. The molecule has 0 fully saturated rings. The van der Waals surface area contributed by atoms with E-state index in [1.54, 1.807) is 18.2 Å². The number of carbonyl (C=O) groups is 2. The number of phenolic OH excluding ortho intramolecular Hbond substituents is 1. The third-order valence-electron chi connectivity index (χ3n) is 7.32. The smallest absolute Gasteiger partial charge is 0.240 e. The van der Waals surface area contributed by atoms with Gasteiger partial charge in [-0.1, -0.05) is 72.8 Å². The van der Waals surface area contributed by atoms with E-state index in [0.717, 1.165) is 27.8 Å². The number of amides is 2. The van der Waals surface area contributed by atoms with Crippen molar-refractivity contribution in [3.63, 3.8) is 0 Å². The molecule has 0 saturated carbocycles. The van der Waals surface area contributed by atoms with E-state index < -0.39 is 42.0 Å². The first kappa shape index (κ1) is 31.5. The Bertz CT molecular complexity index is 1290. The van der Waals surface area contributed by atoms with E-state index in [1.165, 1.54) is 6.08 Å². The summed E-state index contributed by atoms with van der Waals surface area (Å²) in [5.74, 6) is -1.88. The Morgan fingerprint density at radius 1 is 0.878 bits per heavy atom. The van der Waals surface area contributed by atoms with E-state index >= 15 is 0 Å². The number of nitrogens with one attached hydrogen (secondary N) is 1. The molecule has 0 heterocycles. The molecule has 8 N–H and O–H groups in total. The number of benzene rings is 3. The average molecular weight is 560 g/mol. The molecule has 0 bridgehead atoms. The van der Waals surface area contributed by atoms with Crippen LogP contribution in [0.3, 0.4) is 0 Å². The molecular formula is C33H41N3O5. The van der Waals surface area contributed by atoms with Crippen LogP contribution in [0.1, 0.15) is 34.2 Å². The zero-order valence-corrected chi connectivity index (χ0v) is 23.6. The molecule has 0 radical (unpaired) electrons. The summed E-state index contributed by atoms with van der Waals surface area (Å²) in [6, 6.07) is 20.4. The summed E-state index contributed by atoms with van der Waals surface area (Å²) in [6.07, 6.45) is 2.08. The predicted octanol–water partition coefficient (Wildman–Crippen LogP) is 2.62. The van der Waals surface area contributed by atoms with E-state index in [2.05, 4.69) is 5.32 Å². The summed E-state index contributed by atoms with van der Waals surface area (Å²) in [5, 5.41) is 34.3. The van der Waals surface area contributed by atoms with Gasteiger partial charge in [0.25, 0.3) is 0 Å². The molecule has 8 nitrogen and oxygen atoms in total. The first-order valence-electron chi connectivity index (χ1n) is 13.8. The van der Waals surface area contributed by atoms with Gasteiger partial charge in [-0.05, 0) is 73.1 Å². The minimum Gasteiger partial charge on any atom is -0.508 e. The number of aryl methyl sites for hydroxylation is 2. The quantitative estimate of drug-likeness (QED) is 0.167. The molecule has 0 saturated heterocycles. The van der Waals surface area contributed by atoms with Gasteiger partial charge in [-0.3, -0.25) is 9.59 Å². The number of nitrogens with two attached hydrogens (primary N) is 2. The fourth-order valence-corrected chi connectivity index (χ4v) is 4.92. The molecule has 3 aromatic carbocycles. The second-order valence-corrected chi connectivity index (χ2v) is 10.6. The van der Waals surface area contributed by atoms with Crippen LogP contribution in [0.5, 0.6) is 5.75 Å². The fourth-order valence-electron chi connectivity index (χ4n) is 4.92. The number of carbonyl (C=O) groups excluding carboxylic acids is 2. The molecule has 2 amide bonds. The summed E-state index contributed by atoms with van der Waals surface area (Å²) < 4.78 is 0. The zero-order valence-electron chi connectivity index (χ0n) is 23.6. The molecule has 5 atom stereocenters. The van der Waals surface area contributed by atoms with Gasteiger partial charge < -0.3 is 32.1 Å². The lowest BCUT2D eigenvalue weighted by molar-refractivity contribution is -0.131. The van der Waals surface area contributed by atoms with Crippen LogP contribution in [0.15, 0.2) is 84.9 Å². The Kier molecular flexibility index (Phi) is 11.6. The van der Waals surface area contributed by atoms with Crippen molar-refractivity contribution in [3.8, 4) is 5.75 Å². The maximum absolute atomic E-state index is 13.4. The molecule has 0 unspecified atom stereocenters. The number of hydrogen-bond acceptors (Lipinski definition) is 6. The van der Waals surface area contributed by atoms with Crippen molar-refractivity contribution in [2.45, 2.75) is 63.8 Å². The highest BCUT2D eigenvalue weighted by Gasteiger charge is 2.29. The van der Waals surface area contributed by atoms with Crippen molar-refractivity contribution < 1.29 is 24.9 Å². The highest BCUT2D eigenvalue weighted by atomic mass is 16.3. The van der Waals surface area contributed by atoms with Gasteiger partial charge in [-0.25, -0.2) is 0 Å². The number of aliphatic hydroxyl groups excluding tert-OH is 2. The van der Waals surface area contributed by atoms with Crippen LogP contribution in [0.4, 0.5) is 0 Å². The summed E-state index contributed by atoms with van der Waals surface area (Å²) in [6.45, 7) is 3.77. The van der Waals surface area contributed by atoms with Crippen molar-refractivity contribution in [1.29, 1.82) is 0 Å². The number of rotatable bonds is 14. The average Bonchev–Trinajstić information content (AvgIpc) is 2.94. The van der Waals surface area contributed by atoms with Gasteiger partial charge in [0.05, 0.1) is 18.1 Å². The predicted molar refractivity (Wildman–Crippen MR) is 160 cm³/mol. The lowest BCUT2D eigenvalue weighted by Gasteiger charge is -2.24. The van der Waals surface area contributed by atoms with Gasteiger partial charge in [0, 0.05) is 12.5 Å². The highest BCUT2D eigenvalue weighted by molar-refractivity contribution is 5.88. The van der Waals surface area contributed by atoms with Gasteiger partial charge in [-0.15, -0.1) is 0 Å². The van der Waals surface area contributed by atoms with Crippen molar-refractivity contribution in [2.75, 3.05) is 0 Å². The normalized spacial score (nSPS) is 15.1. The van der Waals surface area contributed by atoms with Gasteiger partial charge in [-0.2, -0.15) is 0 Å². The Balaban J connectivity index is 1.69. The maximum atomic E-state index is 13.4. The van der Waals surface area contributed by atoms with Crippen molar-refractivity contribution in [3.05, 3.63) is 113 Å². The number of phenols is 1. The summed E-state index contributed by atoms with van der Waals surface area (Å²) in [5.41, 5.74) is 16.3. The summed E-state index contributed by atoms with van der Waals surface area (Å²) in [4.78, 5) is 25.6. The molecule has 0 spiro atoms. The van der Waals surface area contributed by atoms with Gasteiger partial charge in [0.15, 0.2) is 0 Å². The topological polar surface area (TPSA) is 159 Å². The van der Waals surface area contributed by atoms with Crippen LogP contribution in [-0.2, 0) is 28.9 Å². The molecule has 0 aliphatic carbocycles. The van der Waals surface area contributed by atoms with Crippen LogP contribution in [-0.4, -0.2) is 51.4 Å². The monoisotopic (exact) mass is 559 g/mol. The van der Waals surface area contributed by atoms with Crippen LogP contribution in [0.25, 0.3) is 0 Å². The summed E-state index contributed by atoms with van der Waals surface area (Å²) in [7, 11) is 0. The minimum atomic E-state index is -1.19. The van der Waals surface area contributed by atoms with Crippen LogP contribution in [0.2, 0.25) is 0 Å². The van der Waals surface area contributed by atoms with E-state index in [4.69, 9.17) is 11.5 Å². The first-order valence-corrected chi connectivity index (χ1v) is 13.8. The van der Waals surface area contributed by atoms with Crippen molar-refractivity contribution in [2.24, 2.45) is 17.4 Å². The molecule has 0 aliphatic rings. The maximum Gasteiger partial charge on any atom is 0.240 e. The molecule has 8 heteroatoms. The van der Waals surface area contributed by atoms with Crippen molar-refractivity contribution in [1.82, 2.24) is 5.32 Å². The summed E-state index contributed by atoms with van der Waals surface area (Å²) >= 11 is 0. The number of aliphatic hydroxyl groups is 2. The van der Waals surface area contributed by atoms with Crippen LogP contribution < -0.4 is 16.8 Å². The molecule has 3 aromatic rings. The van der Waals surface area contributed by atoms with Gasteiger partial charge in [0.2, 0.25) is 11.8 Å².